The van der Waals surface area contributed by atoms with Crippen LogP contribution in [0.25, 0.3) is 0 Å². The normalized spacial score (nSPS) is 18.4. The molecule has 0 spiro atoms. The van der Waals surface area contributed by atoms with Crippen LogP contribution in [0.3, 0.4) is 0 Å². The molecular weight excluding hydrogens is 358 g/mol. The third-order valence-electron chi connectivity index (χ3n) is 6.74. The highest BCUT2D eigenvalue weighted by Crippen LogP contribution is 2.38. The van der Waals surface area contributed by atoms with Crippen LogP contribution < -0.4 is 5.32 Å². The zero-order chi connectivity index (χ0) is 20.9. The number of rotatable bonds is 7. The van der Waals surface area contributed by atoms with Crippen molar-refractivity contribution in [2.24, 2.45) is 5.92 Å². The highest BCUT2D eigenvalue weighted by atomic mass is 16.2. The predicted octanol–water partition coefficient (Wildman–Crippen LogP) is 3.71. The van der Waals surface area contributed by atoms with Gasteiger partial charge in [-0.15, -0.1) is 0 Å². The highest BCUT2D eigenvalue weighted by molar-refractivity contribution is 5.80. The molecule has 2 aromatic rings. The first kappa shape index (κ1) is 21.5. The minimum atomic E-state index is -0.0500. The van der Waals surface area contributed by atoms with Crippen LogP contribution in [-0.2, 0) is 10.3 Å². The van der Waals surface area contributed by atoms with E-state index in [0.717, 1.165) is 25.9 Å². The lowest BCUT2D eigenvalue weighted by atomic mass is 9.79. The monoisotopic (exact) mass is 393 g/mol. The van der Waals surface area contributed by atoms with Crippen molar-refractivity contribution < 1.29 is 4.79 Å². The number of nitrogens with one attached hydrogen (secondary N) is 1. The molecule has 156 valence electrons. The van der Waals surface area contributed by atoms with E-state index in [1.165, 1.54) is 11.1 Å². The van der Waals surface area contributed by atoms with E-state index in [4.69, 9.17) is 0 Å². The SMILES string of the molecule is CNCC(C(=O)N1CCC(c2ccccc2)(N(C)C)CC1)C(C)c1ccccc1. The second kappa shape index (κ2) is 9.55. The van der Waals surface area contributed by atoms with Gasteiger partial charge < -0.3 is 10.2 Å². The van der Waals surface area contributed by atoms with Crippen LogP contribution in [0, 0.1) is 5.92 Å². The Morgan fingerprint density at radius 3 is 2.10 bits per heavy atom. The lowest BCUT2D eigenvalue weighted by Gasteiger charge is -2.47. The van der Waals surface area contributed by atoms with Gasteiger partial charge in [-0.1, -0.05) is 67.6 Å². The maximum atomic E-state index is 13.5. The van der Waals surface area contributed by atoms with Gasteiger partial charge in [0.05, 0.1) is 5.92 Å². The molecule has 0 saturated carbocycles. The van der Waals surface area contributed by atoms with E-state index in [9.17, 15) is 4.79 Å². The summed E-state index contributed by atoms with van der Waals surface area (Å²) in [6, 6.07) is 21.1. The summed E-state index contributed by atoms with van der Waals surface area (Å²) in [5, 5.41) is 3.24. The van der Waals surface area contributed by atoms with Gasteiger partial charge >= 0.3 is 0 Å². The molecule has 0 aromatic heterocycles. The molecule has 4 heteroatoms. The largest absolute Gasteiger partial charge is 0.342 e. The molecule has 1 amide bonds. The highest BCUT2D eigenvalue weighted by Gasteiger charge is 2.40. The minimum Gasteiger partial charge on any atom is -0.342 e. The summed E-state index contributed by atoms with van der Waals surface area (Å²) in [6.07, 6.45) is 1.92. The van der Waals surface area contributed by atoms with Gasteiger partial charge in [0.2, 0.25) is 5.91 Å². The molecule has 29 heavy (non-hydrogen) atoms. The zero-order valence-corrected chi connectivity index (χ0v) is 18.3. The van der Waals surface area contributed by atoms with Crippen molar-refractivity contribution in [1.29, 1.82) is 0 Å². The first-order valence-corrected chi connectivity index (χ1v) is 10.7. The van der Waals surface area contributed by atoms with Crippen molar-refractivity contribution in [1.82, 2.24) is 15.1 Å². The third kappa shape index (κ3) is 4.54. The van der Waals surface area contributed by atoms with Gasteiger partial charge in [0.1, 0.15) is 0 Å². The average molecular weight is 394 g/mol. The molecular formula is C25H35N3O. The second-order valence-electron chi connectivity index (χ2n) is 8.48. The van der Waals surface area contributed by atoms with Crippen LogP contribution in [0.1, 0.15) is 36.8 Å². The fourth-order valence-corrected chi connectivity index (χ4v) is 4.76. The quantitative estimate of drug-likeness (QED) is 0.779. The number of carbonyl (C=O) groups is 1. The summed E-state index contributed by atoms with van der Waals surface area (Å²) in [5.74, 6) is 0.410. The molecule has 1 aliphatic rings. The number of hydrogen-bond donors (Lipinski definition) is 1. The fourth-order valence-electron chi connectivity index (χ4n) is 4.76. The number of nitrogens with zero attached hydrogens (tertiary/aromatic N) is 2. The molecule has 0 bridgehead atoms. The fraction of sp³-hybridized carbons (Fsp3) is 0.480. The van der Waals surface area contributed by atoms with Crippen molar-refractivity contribution in [3.63, 3.8) is 0 Å². The Kier molecular flexibility index (Phi) is 7.09. The van der Waals surface area contributed by atoms with Gasteiger partial charge in [-0.3, -0.25) is 9.69 Å². The summed E-state index contributed by atoms with van der Waals surface area (Å²) in [7, 11) is 6.25. The summed E-state index contributed by atoms with van der Waals surface area (Å²) < 4.78 is 0. The Balaban J connectivity index is 1.75. The Morgan fingerprint density at radius 2 is 1.59 bits per heavy atom. The van der Waals surface area contributed by atoms with E-state index >= 15 is 0 Å². The molecule has 1 aliphatic heterocycles. The van der Waals surface area contributed by atoms with Crippen molar-refractivity contribution in [2.75, 3.05) is 40.8 Å². The van der Waals surface area contributed by atoms with Gasteiger partial charge in [-0.05, 0) is 51.0 Å². The number of likely N-dealkylation sites (tertiary alicyclic amines) is 1. The van der Waals surface area contributed by atoms with Crippen molar-refractivity contribution in [3.8, 4) is 0 Å². The molecule has 1 N–H and O–H groups in total. The molecule has 2 atom stereocenters. The van der Waals surface area contributed by atoms with E-state index < -0.39 is 0 Å². The molecule has 1 fully saturated rings. The molecule has 1 heterocycles. The topological polar surface area (TPSA) is 35.6 Å². The Hall–Kier alpha value is -2.17. The Labute approximate surface area is 175 Å². The van der Waals surface area contributed by atoms with E-state index in [1.807, 2.05) is 13.1 Å². The second-order valence-corrected chi connectivity index (χ2v) is 8.48. The summed E-state index contributed by atoms with van der Waals surface area (Å²) >= 11 is 0. The standard InChI is InChI=1S/C25H35N3O/c1-20(21-11-7-5-8-12-21)23(19-26-2)24(29)28-17-15-25(16-18-28,27(3)4)22-13-9-6-10-14-22/h5-14,20,23,26H,15-19H2,1-4H3. The first-order valence-electron chi connectivity index (χ1n) is 10.7. The first-order chi connectivity index (χ1) is 14.0. The van der Waals surface area contributed by atoms with E-state index in [0.29, 0.717) is 6.54 Å². The maximum Gasteiger partial charge on any atom is 0.227 e. The van der Waals surface area contributed by atoms with Crippen molar-refractivity contribution in [2.45, 2.75) is 31.2 Å². The van der Waals surface area contributed by atoms with E-state index in [2.05, 4.69) is 90.7 Å². The number of amides is 1. The van der Waals surface area contributed by atoms with Crippen LogP contribution in [0.4, 0.5) is 0 Å². The predicted molar refractivity (Wildman–Crippen MR) is 120 cm³/mol. The van der Waals surface area contributed by atoms with Gasteiger partial charge in [-0.2, -0.15) is 0 Å². The van der Waals surface area contributed by atoms with Gasteiger partial charge in [0.15, 0.2) is 0 Å². The Bertz CT molecular complexity index is 767. The molecule has 3 rings (SSSR count). The van der Waals surface area contributed by atoms with Gasteiger partial charge in [-0.25, -0.2) is 0 Å². The van der Waals surface area contributed by atoms with Crippen LogP contribution >= 0.6 is 0 Å². The van der Waals surface area contributed by atoms with E-state index in [1.54, 1.807) is 0 Å². The number of piperidine rings is 1. The van der Waals surface area contributed by atoms with Crippen LogP contribution in [0.5, 0.6) is 0 Å². The third-order valence-corrected chi connectivity index (χ3v) is 6.74. The summed E-state index contributed by atoms with van der Waals surface area (Å²) in [6.45, 7) is 4.47. The average Bonchev–Trinajstić information content (AvgIpc) is 2.77. The van der Waals surface area contributed by atoms with Crippen LogP contribution in [0.2, 0.25) is 0 Å². The number of benzene rings is 2. The van der Waals surface area contributed by atoms with Crippen LogP contribution in [0.15, 0.2) is 60.7 Å². The minimum absolute atomic E-state index is 0.00158. The molecule has 1 saturated heterocycles. The maximum absolute atomic E-state index is 13.5. The summed E-state index contributed by atoms with van der Waals surface area (Å²) in [4.78, 5) is 17.9. The van der Waals surface area contributed by atoms with Crippen molar-refractivity contribution >= 4 is 5.91 Å². The number of hydrogen-bond acceptors (Lipinski definition) is 3. The van der Waals surface area contributed by atoms with Crippen molar-refractivity contribution in [3.05, 3.63) is 71.8 Å². The van der Waals surface area contributed by atoms with Crippen LogP contribution in [-0.4, -0.2) is 56.5 Å². The molecule has 2 unspecified atom stereocenters. The Morgan fingerprint density at radius 1 is 1.03 bits per heavy atom. The van der Waals surface area contributed by atoms with Gasteiger partial charge in [0, 0.05) is 25.2 Å². The van der Waals surface area contributed by atoms with Gasteiger partial charge in [0.25, 0.3) is 0 Å². The molecule has 2 aromatic carbocycles. The molecule has 0 aliphatic carbocycles. The lowest BCUT2D eigenvalue weighted by molar-refractivity contribution is -0.138. The molecule has 4 nitrogen and oxygen atoms in total. The van der Waals surface area contributed by atoms with E-state index in [-0.39, 0.29) is 23.3 Å². The summed E-state index contributed by atoms with van der Waals surface area (Å²) in [5.41, 5.74) is 2.58. The number of carbonyl (C=O) groups excluding carboxylic acids is 1. The zero-order valence-electron chi connectivity index (χ0n) is 18.3. The molecule has 0 radical (unpaired) electrons. The lowest BCUT2D eigenvalue weighted by Crippen LogP contribution is -2.53. The smallest absolute Gasteiger partial charge is 0.227 e.